The molecule has 3 heterocycles. The molecule has 7 heteroatoms. The molecule has 6 atom stereocenters. The molecule has 3 aliphatic heterocycles. The van der Waals surface area contributed by atoms with Crippen molar-refractivity contribution in [3.8, 4) is 6.07 Å². The van der Waals surface area contributed by atoms with Gasteiger partial charge in [-0.25, -0.2) is 0 Å². The number of piperidine rings is 2. The molecule has 0 spiro atoms. The van der Waals surface area contributed by atoms with Crippen LogP contribution in [0.4, 0.5) is 0 Å². The number of nitriles is 1. The van der Waals surface area contributed by atoms with Crippen molar-refractivity contribution in [2.24, 2.45) is 17.8 Å². The van der Waals surface area contributed by atoms with E-state index in [1.807, 2.05) is 6.08 Å². The summed E-state index contributed by atoms with van der Waals surface area (Å²) in [6.07, 6.45) is 6.17. The van der Waals surface area contributed by atoms with Crippen molar-refractivity contribution >= 4 is 15.9 Å². The molecule has 0 aromatic carbocycles. The van der Waals surface area contributed by atoms with Gasteiger partial charge in [0.05, 0.1) is 29.3 Å². The number of hydrogen-bond acceptors (Lipinski definition) is 6. The van der Waals surface area contributed by atoms with E-state index in [9.17, 15) is 5.26 Å². The highest BCUT2D eigenvalue weighted by Gasteiger charge is 2.62. The SMILES string of the molecule is COC/C=C/C1C(C#N)OC2(C(C)C)C(Br)C(NC3CCN(C)CC3)NCC12. The summed E-state index contributed by atoms with van der Waals surface area (Å²) in [6.45, 7) is 8.10. The number of rotatable bonds is 6. The van der Waals surface area contributed by atoms with Crippen LogP contribution in [0.15, 0.2) is 12.2 Å². The van der Waals surface area contributed by atoms with E-state index in [1.165, 1.54) is 0 Å². The predicted molar refractivity (Wildman–Crippen MR) is 114 cm³/mol. The quantitative estimate of drug-likeness (QED) is 0.473. The fraction of sp³-hybridized carbons (Fsp3) is 0.857. The van der Waals surface area contributed by atoms with E-state index in [1.54, 1.807) is 7.11 Å². The van der Waals surface area contributed by atoms with Gasteiger partial charge in [0.2, 0.25) is 0 Å². The first kappa shape index (κ1) is 22.2. The highest BCUT2D eigenvalue weighted by atomic mass is 79.9. The van der Waals surface area contributed by atoms with E-state index < -0.39 is 6.10 Å². The zero-order valence-corrected chi connectivity index (χ0v) is 19.1. The number of hydrogen-bond donors (Lipinski definition) is 2. The number of alkyl halides is 1. The van der Waals surface area contributed by atoms with Crippen LogP contribution in [0.1, 0.15) is 26.7 Å². The molecule has 3 saturated heterocycles. The number of fused-ring (bicyclic) bond motifs is 1. The van der Waals surface area contributed by atoms with Crippen molar-refractivity contribution in [1.82, 2.24) is 15.5 Å². The zero-order valence-electron chi connectivity index (χ0n) is 17.5. The lowest BCUT2D eigenvalue weighted by molar-refractivity contribution is -0.0951. The number of nitrogens with zero attached hydrogens (tertiary/aromatic N) is 2. The minimum atomic E-state index is -0.426. The Labute approximate surface area is 178 Å². The summed E-state index contributed by atoms with van der Waals surface area (Å²) in [7, 11) is 3.87. The Morgan fingerprint density at radius 2 is 2.14 bits per heavy atom. The largest absolute Gasteiger partial charge is 0.381 e. The van der Waals surface area contributed by atoms with Crippen LogP contribution < -0.4 is 10.6 Å². The van der Waals surface area contributed by atoms with Crippen LogP contribution in [0.25, 0.3) is 0 Å². The average Bonchev–Trinajstić information content (AvgIpc) is 3.02. The fourth-order valence-corrected chi connectivity index (χ4v) is 6.51. The maximum absolute atomic E-state index is 9.78. The van der Waals surface area contributed by atoms with Crippen LogP contribution in [0.3, 0.4) is 0 Å². The van der Waals surface area contributed by atoms with Crippen LogP contribution in [-0.4, -0.2) is 74.0 Å². The molecule has 0 bridgehead atoms. The fourth-order valence-electron chi connectivity index (χ4n) is 5.19. The molecular weight excluding hydrogens is 420 g/mol. The highest BCUT2D eigenvalue weighted by molar-refractivity contribution is 9.09. The van der Waals surface area contributed by atoms with Crippen molar-refractivity contribution in [1.29, 1.82) is 5.26 Å². The van der Waals surface area contributed by atoms with Gasteiger partial charge in [-0.2, -0.15) is 5.26 Å². The minimum Gasteiger partial charge on any atom is -0.381 e. The molecular formula is C21H35BrN4O2. The standard InChI is InChI=1S/C21H35BrN4O2/c1-14(2)21-17(16(6-5-11-27-4)18(12-23)28-21)13-24-20(19(21)22)25-15-7-9-26(3)10-8-15/h5-6,14-20,24-25H,7-11,13H2,1-4H3/b6-5+. The Morgan fingerprint density at radius 1 is 1.43 bits per heavy atom. The van der Waals surface area contributed by atoms with Gasteiger partial charge in [0.1, 0.15) is 0 Å². The molecule has 0 aromatic rings. The second kappa shape index (κ2) is 9.55. The van der Waals surface area contributed by atoms with Crippen molar-refractivity contribution in [3.05, 3.63) is 12.2 Å². The van der Waals surface area contributed by atoms with Gasteiger partial charge in [-0.1, -0.05) is 41.9 Å². The van der Waals surface area contributed by atoms with E-state index >= 15 is 0 Å². The number of halogens is 1. The second-order valence-electron chi connectivity index (χ2n) is 8.78. The van der Waals surface area contributed by atoms with Gasteiger partial charge in [0.15, 0.2) is 6.10 Å². The van der Waals surface area contributed by atoms with Gasteiger partial charge in [-0.15, -0.1) is 0 Å². The van der Waals surface area contributed by atoms with E-state index in [0.29, 0.717) is 18.6 Å². The summed E-state index contributed by atoms with van der Waals surface area (Å²) in [5, 5.41) is 17.3. The van der Waals surface area contributed by atoms with Crippen molar-refractivity contribution in [3.63, 3.8) is 0 Å². The van der Waals surface area contributed by atoms with Gasteiger partial charge >= 0.3 is 0 Å². The molecule has 0 radical (unpaired) electrons. The molecule has 2 N–H and O–H groups in total. The van der Waals surface area contributed by atoms with Crippen molar-refractivity contribution in [2.75, 3.05) is 40.4 Å². The summed E-state index contributed by atoms with van der Waals surface area (Å²) >= 11 is 4.01. The molecule has 3 rings (SSSR count). The third-order valence-corrected chi connectivity index (χ3v) is 8.04. The van der Waals surface area contributed by atoms with Gasteiger partial charge in [0, 0.05) is 31.5 Å². The lowest BCUT2D eigenvalue weighted by Crippen LogP contribution is -2.69. The molecule has 3 aliphatic rings. The van der Waals surface area contributed by atoms with Crippen molar-refractivity contribution in [2.45, 2.75) is 55.4 Å². The minimum absolute atomic E-state index is 0.0689. The lowest BCUT2D eigenvalue weighted by atomic mass is 9.69. The van der Waals surface area contributed by atoms with Crippen LogP contribution in [0.2, 0.25) is 0 Å². The van der Waals surface area contributed by atoms with Crippen LogP contribution in [0, 0.1) is 29.1 Å². The summed E-state index contributed by atoms with van der Waals surface area (Å²) in [5.41, 5.74) is -0.378. The van der Waals surface area contributed by atoms with E-state index in [4.69, 9.17) is 9.47 Å². The molecule has 28 heavy (non-hydrogen) atoms. The molecule has 158 valence electrons. The third kappa shape index (κ3) is 4.19. The molecule has 0 aromatic heterocycles. The van der Waals surface area contributed by atoms with Gasteiger partial charge < -0.3 is 19.7 Å². The van der Waals surface area contributed by atoms with Crippen LogP contribution in [0.5, 0.6) is 0 Å². The van der Waals surface area contributed by atoms with Gasteiger partial charge in [0.25, 0.3) is 0 Å². The number of ether oxygens (including phenoxy) is 2. The summed E-state index contributed by atoms with van der Waals surface area (Å²) < 4.78 is 11.7. The Morgan fingerprint density at radius 3 is 2.75 bits per heavy atom. The smallest absolute Gasteiger partial charge is 0.151 e. The first-order valence-corrected chi connectivity index (χ1v) is 11.4. The Kier molecular flexibility index (Phi) is 7.57. The summed E-state index contributed by atoms with van der Waals surface area (Å²) in [4.78, 5) is 2.48. The Hall–Kier alpha value is -0.490. The molecule has 6 unspecified atom stereocenters. The lowest BCUT2D eigenvalue weighted by Gasteiger charge is -2.51. The van der Waals surface area contributed by atoms with Crippen LogP contribution in [-0.2, 0) is 9.47 Å². The first-order valence-electron chi connectivity index (χ1n) is 10.5. The number of methoxy groups -OCH3 is 1. The molecule has 3 fully saturated rings. The Balaban J connectivity index is 1.79. The molecule has 0 saturated carbocycles. The normalized spacial score (nSPS) is 40.1. The second-order valence-corrected chi connectivity index (χ2v) is 9.76. The summed E-state index contributed by atoms with van der Waals surface area (Å²) in [6, 6.07) is 2.92. The van der Waals surface area contributed by atoms with Crippen molar-refractivity contribution < 1.29 is 9.47 Å². The number of nitrogens with one attached hydrogen (secondary N) is 2. The Bertz CT molecular complexity index is 587. The summed E-state index contributed by atoms with van der Waals surface area (Å²) in [5.74, 6) is 0.604. The first-order chi connectivity index (χ1) is 13.4. The molecule has 6 nitrogen and oxygen atoms in total. The zero-order chi connectivity index (χ0) is 20.3. The molecule has 0 amide bonds. The monoisotopic (exact) mass is 454 g/mol. The average molecular weight is 455 g/mol. The topological polar surface area (TPSA) is 69.5 Å². The molecule has 0 aliphatic carbocycles. The van der Waals surface area contributed by atoms with Gasteiger partial charge in [-0.3, -0.25) is 5.32 Å². The van der Waals surface area contributed by atoms with E-state index in [-0.39, 0.29) is 28.4 Å². The van der Waals surface area contributed by atoms with Crippen LogP contribution >= 0.6 is 15.9 Å². The van der Waals surface area contributed by atoms with E-state index in [0.717, 1.165) is 32.5 Å². The highest BCUT2D eigenvalue weighted by Crippen LogP contribution is 2.52. The third-order valence-electron chi connectivity index (χ3n) is 6.79. The maximum atomic E-state index is 9.78. The predicted octanol–water partition coefficient (Wildman–Crippen LogP) is 2.12. The van der Waals surface area contributed by atoms with Gasteiger partial charge in [-0.05, 0) is 38.9 Å². The number of likely N-dealkylation sites (tertiary alicyclic amines) is 1. The maximum Gasteiger partial charge on any atom is 0.151 e. The van der Waals surface area contributed by atoms with E-state index in [2.05, 4.69) is 64.5 Å².